The summed E-state index contributed by atoms with van der Waals surface area (Å²) in [5.74, 6) is 0. The molecule has 2 nitrogen and oxygen atoms in total. The van der Waals surface area contributed by atoms with Crippen molar-refractivity contribution in [2.24, 2.45) is 0 Å². The van der Waals surface area contributed by atoms with Crippen LogP contribution in [0.1, 0.15) is 11.4 Å². The minimum atomic E-state index is 0. The molecule has 0 saturated heterocycles. The maximum atomic E-state index is 4.58. The number of hydrogen-bond donors (Lipinski definition) is 0. The normalized spacial score (nSPS) is 10.5. The average Bonchev–Trinajstić information content (AvgIpc) is 2.29. The molecule has 0 aliphatic carbocycles. The number of rotatable bonds is 0. The van der Waals surface area contributed by atoms with Gasteiger partial charge < -0.3 is 0 Å². The summed E-state index contributed by atoms with van der Waals surface area (Å²) in [4.78, 5) is 9.16. The second-order valence-corrected chi connectivity index (χ2v) is 4.11. The van der Waals surface area contributed by atoms with E-state index in [4.69, 9.17) is 0 Å². The first kappa shape index (κ1) is 12.2. The largest absolute Gasteiger partial charge is 1.00 e. The second kappa shape index (κ2) is 4.52. The van der Waals surface area contributed by atoms with E-state index in [1.165, 1.54) is 0 Å². The summed E-state index contributed by atoms with van der Waals surface area (Å²) in [6, 6.07) is 12.5. The molecular weight excluding hydrogens is 388 g/mol. The Morgan fingerprint density at radius 3 is 1.41 bits per heavy atom. The zero-order valence-corrected chi connectivity index (χ0v) is 12.1. The van der Waals surface area contributed by atoms with Crippen LogP contribution in [0.25, 0.3) is 21.8 Å². The van der Waals surface area contributed by atoms with E-state index in [9.17, 15) is 0 Å². The van der Waals surface area contributed by atoms with Gasteiger partial charge in [0.15, 0.2) is 0 Å². The van der Waals surface area contributed by atoms with Crippen LogP contribution in [0.15, 0.2) is 36.4 Å². The molecule has 0 spiro atoms. The molecule has 0 fully saturated rings. The van der Waals surface area contributed by atoms with Crippen molar-refractivity contribution >= 4 is 21.8 Å². The topological polar surface area (TPSA) is 25.8 Å². The Hall–Kier alpha value is -1.31. The Bertz CT molecular complexity index is 631. The van der Waals surface area contributed by atoms with Crippen molar-refractivity contribution in [3.8, 4) is 0 Å². The van der Waals surface area contributed by atoms with E-state index in [-0.39, 0.29) is 20.1 Å². The third kappa shape index (κ3) is 2.08. The molecule has 2 aromatic heterocycles. The number of aromatic nitrogens is 2. The third-order valence-electron chi connectivity index (χ3n) is 2.80. The zero-order valence-electron chi connectivity index (χ0n) is 9.69. The first-order chi connectivity index (χ1) is 7.74. The van der Waals surface area contributed by atoms with E-state index in [2.05, 4.69) is 34.2 Å². The van der Waals surface area contributed by atoms with Crippen LogP contribution in [0.4, 0.5) is 0 Å². The van der Waals surface area contributed by atoms with Gasteiger partial charge in [0, 0.05) is 22.2 Å². The molecule has 1 aromatic carbocycles. The van der Waals surface area contributed by atoms with Crippen molar-refractivity contribution in [1.29, 1.82) is 0 Å². The molecule has 0 unspecified atom stereocenters. The number of nitrogens with zero attached hydrogens (tertiary/aromatic N) is 2. The van der Waals surface area contributed by atoms with Gasteiger partial charge in [0.25, 0.3) is 0 Å². The summed E-state index contributed by atoms with van der Waals surface area (Å²) >= 11 is 0. The summed E-state index contributed by atoms with van der Waals surface area (Å²) < 4.78 is 0. The van der Waals surface area contributed by atoms with Gasteiger partial charge in [0.2, 0.25) is 0 Å². The molecule has 0 saturated carbocycles. The molecule has 3 aromatic rings. The standard InChI is InChI=1S/C14H12N2.Ir/c1-9-3-5-11-7-8-12-6-4-10(2)16-14(12)13(11)15-9;/h3-8H,1-2H3;/q;+1. The molecule has 86 valence electrons. The van der Waals surface area contributed by atoms with E-state index in [1.807, 2.05) is 26.0 Å². The maximum Gasteiger partial charge on any atom is 1.00 e. The summed E-state index contributed by atoms with van der Waals surface area (Å²) in [6.45, 7) is 4.02. The fourth-order valence-electron chi connectivity index (χ4n) is 1.96. The van der Waals surface area contributed by atoms with Gasteiger partial charge in [-0.3, -0.25) is 9.97 Å². The Labute approximate surface area is 113 Å². The fourth-order valence-corrected chi connectivity index (χ4v) is 1.96. The summed E-state index contributed by atoms with van der Waals surface area (Å²) in [7, 11) is 0. The Kier molecular flexibility index (Phi) is 3.23. The molecule has 0 radical (unpaired) electrons. The van der Waals surface area contributed by atoms with Gasteiger partial charge >= 0.3 is 20.1 Å². The third-order valence-corrected chi connectivity index (χ3v) is 2.80. The minimum Gasteiger partial charge on any atom is -0.251 e. The van der Waals surface area contributed by atoms with E-state index >= 15 is 0 Å². The number of pyridine rings is 2. The average molecular weight is 400 g/mol. The van der Waals surface area contributed by atoms with Crippen molar-refractivity contribution in [3.63, 3.8) is 0 Å². The number of benzene rings is 1. The molecule has 0 aliphatic heterocycles. The van der Waals surface area contributed by atoms with Crippen molar-refractivity contribution in [2.75, 3.05) is 0 Å². The molecule has 3 rings (SSSR count). The number of fused-ring (bicyclic) bond motifs is 3. The minimum absolute atomic E-state index is 0. The predicted octanol–water partition coefficient (Wildman–Crippen LogP) is 3.40. The van der Waals surface area contributed by atoms with Crippen LogP contribution in [0.5, 0.6) is 0 Å². The molecule has 0 N–H and O–H groups in total. The monoisotopic (exact) mass is 401 g/mol. The maximum absolute atomic E-state index is 4.58. The first-order valence-electron chi connectivity index (χ1n) is 5.38. The SMILES string of the molecule is Cc1ccc2ccc3ccc(C)nc3c2n1.[Ir+]. The van der Waals surface area contributed by atoms with Gasteiger partial charge in [-0.25, -0.2) is 0 Å². The second-order valence-electron chi connectivity index (χ2n) is 4.11. The van der Waals surface area contributed by atoms with Crippen LogP contribution in [0.2, 0.25) is 0 Å². The summed E-state index contributed by atoms with van der Waals surface area (Å²) in [6.07, 6.45) is 0. The molecule has 17 heavy (non-hydrogen) atoms. The van der Waals surface area contributed by atoms with Crippen LogP contribution in [-0.2, 0) is 20.1 Å². The van der Waals surface area contributed by atoms with Gasteiger partial charge in [-0.05, 0) is 26.0 Å². The van der Waals surface area contributed by atoms with Crippen molar-refractivity contribution in [1.82, 2.24) is 9.97 Å². The van der Waals surface area contributed by atoms with Crippen molar-refractivity contribution in [2.45, 2.75) is 13.8 Å². The molecular formula is C14H12IrN2+. The van der Waals surface area contributed by atoms with Crippen molar-refractivity contribution in [3.05, 3.63) is 47.8 Å². The smallest absolute Gasteiger partial charge is 0.251 e. The molecule has 3 heteroatoms. The van der Waals surface area contributed by atoms with Crippen LogP contribution < -0.4 is 0 Å². The van der Waals surface area contributed by atoms with Crippen LogP contribution in [0, 0.1) is 13.8 Å². The quantitative estimate of drug-likeness (QED) is 0.541. The molecule has 0 amide bonds. The molecule has 0 aliphatic rings. The van der Waals surface area contributed by atoms with Gasteiger partial charge in [-0.2, -0.15) is 0 Å². The Morgan fingerprint density at radius 1 is 0.647 bits per heavy atom. The molecule has 0 atom stereocenters. The van der Waals surface area contributed by atoms with E-state index in [0.29, 0.717) is 0 Å². The predicted molar refractivity (Wildman–Crippen MR) is 66.5 cm³/mol. The van der Waals surface area contributed by atoms with Crippen LogP contribution in [-0.4, -0.2) is 9.97 Å². The fraction of sp³-hybridized carbons (Fsp3) is 0.143. The molecule has 2 heterocycles. The van der Waals surface area contributed by atoms with Crippen LogP contribution in [0.3, 0.4) is 0 Å². The Balaban J connectivity index is 0.00000108. The van der Waals surface area contributed by atoms with E-state index in [0.717, 1.165) is 33.2 Å². The molecule has 0 bridgehead atoms. The van der Waals surface area contributed by atoms with Gasteiger partial charge in [0.1, 0.15) is 0 Å². The first-order valence-corrected chi connectivity index (χ1v) is 5.38. The summed E-state index contributed by atoms with van der Waals surface area (Å²) in [5, 5.41) is 2.30. The van der Waals surface area contributed by atoms with Gasteiger partial charge in [0.05, 0.1) is 11.0 Å². The number of hydrogen-bond acceptors (Lipinski definition) is 2. The van der Waals surface area contributed by atoms with Gasteiger partial charge in [-0.1, -0.05) is 24.3 Å². The van der Waals surface area contributed by atoms with Crippen molar-refractivity contribution < 1.29 is 20.1 Å². The van der Waals surface area contributed by atoms with Gasteiger partial charge in [-0.15, -0.1) is 0 Å². The van der Waals surface area contributed by atoms with E-state index in [1.54, 1.807) is 0 Å². The van der Waals surface area contributed by atoms with Crippen LogP contribution >= 0.6 is 0 Å². The summed E-state index contributed by atoms with van der Waals surface area (Å²) in [5.41, 5.74) is 4.06. The Morgan fingerprint density at radius 2 is 1.00 bits per heavy atom. The van der Waals surface area contributed by atoms with E-state index < -0.39 is 0 Å². The zero-order chi connectivity index (χ0) is 11.1. The number of aryl methyl sites for hydroxylation is 2.